The number of anilines is 1. The van der Waals surface area contributed by atoms with Crippen LogP contribution < -0.4 is 16.4 Å². The smallest absolute Gasteiger partial charge is 0.319 e. The van der Waals surface area contributed by atoms with Gasteiger partial charge in [0.25, 0.3) is 0 Å². The first kappa shape index (κ1) is 17.9. The summed E-state index contributed by atoms with van der Waals surface area (Å²) in [5.41, 5.74) is 7.33. The van der Waals surface area contributed by atoms with Gasteiger partial charge in [-0.1, -0.05) is 30.3 Å². The van der Waals surface area contributed by atoms with Crippen LogP contribution in [0.4, 0.5) is 14.9 Å². The maximum absolute atomic E-state index is 12.9. The van der Waals surface area contributed by atoms with Crippen molar-refractivity contribution in [2.45, 2.75) is 18.5 Å². The first-order chi connectivity index (χ1) is 12.5. The molecule has 2 unspecified atom stereocenters. The van der Waals surface area contributed by atoms with Gasteiger partial charge >= 0.3 is 6.03 Å². The molecule has 0 aromatic heterocycles. The molecule has 2 atom stereocenters. The molecular formula is C19H21FN4O2. The summed E-state index contributed by atoms with van der Waals surface area (Å²) in [5, 5.41) is 5.47. The van der Waals surface area contributed by atoms with Crippen molar-refractivity contribution >= 4 is 17.6 Å². The standard InChI is InChI=1S/C19H21FN4O2/c20-14-6-8-15(9-7-14)22-19(26)23-16-10-11-24(12-16)18(25)17(21)13-4-2-1-3-5-13/h1-9,16-17H,10-12,21H2,(H2,22,23,26). The summed E-state index contributed by atoms with van der Waals surface area (Å²) in [6, 6.07) is 13.5. The van der Waals surface area contributed by atoms with E-state index in [1.165, 1.54) is 24.3 Å². The first-order valence-electron chi connectivity index (χ1n) is 8.45. The van der Waals surface area contributed by atoms with Crippen molar-refractivity contribution in [1.29, 1.82) is 0 Å². The fourth-order valence-corrected chi connectivity index (χ4v) is 2.96. The van der Waals surface area contributed by atoms with E-state index >= 15 is 0 Å². The minimum Gasteiger partial charge on any atom is -0.339 e. The Kier molecular flexibility index (Phi) is 5.48. The molecule has 1 heterocycles. The number of hydrogen-bond donors (Lipinski definition) is 3. The molecule has 0 bridgehead atoms. The van der Waals surface area contributed by atoms with E-state index in [1.807, 2.05) is 30.3 Å². The summed E-state index contributed by atoms with van der Waals surface area (Å²) in [6.45, 7) is 0.955. The van der Waals surface area contributed by atoms with E-state index in [9.17, 15) is 14.0 Å². The topological polar surface area (TPSA) is 87.5 Å². The lowest BCUT2D eigenvalue weighted by Gasteiger charge is -2.21. The summed E-state index contributed by atoms with van der Waals surface area (Å²) < 4.78 is 12.9. The predicted molar refractivity (Wildman–Crippen MR) is 96.9 cm³/mol. The molecule has 2 aromatic carbocycles. The molecule has 3 rings (SSSR count). The van der Waals surface area contributed by atoms with Crippen LogP contribution in [0.1, 0.15) is 18.0 Å². The summed E-state index contributed by atoms with van der Waals surface area (Å²) in [4.78, 5) is 26.2. The van der Waals surface area contributed by atoms with Gasteiger partial charge in [0.2, 0.25) is 5.91 Å². The van der Waals surface area contributed by atoms with Crippen LogP contribution in [-0.4, -0.2) is 36.0 Å². The van der Waals surface area contributed by atoms with Crippen LogP contribution in [0.25, 0.3) is 0 Å². The number of rotatable bonds is 4. The van der Waals surface area contributed by atoms with Crippen LogP contribution in [0.2, 0.25) is 0 Å². The maximum Gasteiger partial charge on any atom is 0.319 e. The van der Waals surface area contributed by atoms with E-state index in [0.29, 0.717) is 25.2 Å². The van der Waals surface area contributed by atoms with Crippen molar-refractivity contribution in [3.05, 3.63) is 66.0 Å². The molecule has 136 valence electrons. The fraction of sp³-hybridized carbons (Fsp3) is 0.263. The number of carbonyl (C=O) groups is 2. The number of nitrogens with one attached hydrogen (secondary N) is 2. The van der Waals surface area contributed by atoms with Gasteiger partial charge in [-0.15, -0.1) is 0 Å². The molecule has 26 heavy (non-hydrogen) atoms. The van der Waals surface area contributed by atoms with Gasteiger partial charge in [0.15, 0.2) is 0 Å². The molecular weight excluding hydrogens is 335 g/mol. The van der Waals surface area contributed by atoms with Crippen molar-refractivity contribution < 1.29 is 14.0 Å². The molecule has 1 aliphatic heterocycles. The Labute approximate surface area is 151 Å². The summed E-state index contributed by atoms with van der Waals surface area (Å²) in [5.74, 6) is -0.518. The Bertz CT molecular complexity index is 767. The van der Waals surface area contributed by atoms with Gasteiger partial charge in [-0.3, -0.25) is 4.79 Å². The summed E-state index contributed by atoms with van der Waals surface area (Å²) in [7, 11) is 0. The zero-order valence-electron chi connectivity index (χ0n) is 14.2. The quantitative estimate of drug-likeness (QED) is 0.785. The molecule has 7 heteroatoms. The number of nitrogens with zero attached hydrogens (tertiary/aromatic N) is 1. The van der Waals surface area contributed by atoms with E-state index in [1.54, 1.807) is 4.90 Å². The van der Waals surface area contributed by atoms with Gasteiger partial charge in [-0.05, 0) is 36.2 Å². The Balaban J connectivity index is 1.51. The van der Waals surface area contributed by atoms with E-state index in [-0.39, 0.29) is 23.8 Å². The van der Waals surface area contributed by atoms with Gasteiger partial charge in [0.1, 0.15) is 11.9 Å². The second-order valence-electron chi connectivity index (χ2n) is 6.26. The number of carbonyl (C=O) groups excluding carboxylic acids is 2. The molecule has 3 amide bonds. The second-order valence-corrected chi connectivity index (χ2v) is 6.26. The lowest BCUT2D eigenvalue weighted by Crippen LogP contribution is -2.42. The van der Waals surface area contributed by atoms with Crippen LogP contribution in [0.5, 0.6) is 0 Å². The van der Waals surface area contributed by atoms with E-state index in [4.69, 9.17) is 5.73 Å². The molecule has 6 nitrogen and oxygen atoms in total. The van der Waals surface area contributed by atoms with Gasteiger partial charge in [-0.2, -0.15) is 0 Å². The Morgan fingerprint density at radius 3 is 2.50 bits per heavy atom. The van der Waals surface area contributed by atoms with Crippen molar-refractivity contribution in [1.82, 2.24) is 10.2 Å². The number of hydrogen-bond acceptors (Lipinski definition) is 3. The molecule has 2 aromatic rings. The van der Waals surface area contributed by atoms with Crippen LogP contribution in [-0.2, 0) is 4.79 Å². The third-order valence-electron chi connectivity index (χ3n) is 4.36. The molecule has 4 N–H and O–H groups in total. The molecule has 0 spiro atoms. The number of benzene rings is 2. The van der Waals surface area contributed by atoms with Crippen molar-refractivity contribution in [2.24, 2.45) is 5.73 Å². The largest absolute Gasteiger partial charge is 0.339 e. The molecule has 1 aliphatic rings. The molecule has 0 aliphatic carbocycles. The van der Waals surface area contributed by atoms with Crippen LogP contribution in [0, 0.1) is 5.82 Å². The monoisotopic (exact) mass is 356 g/mol. The fourth-order valence-electron chi connectivity index (χ4n) is 2.96. The Morgan fingerprint density at radius 2 is 1.81 bits per heavy atom. The minimum atomic E-state index is -0.706. The zero-order valence-corrected chi connectivity index (χ0v) is 14.2. The van der Waals surface area contributed by atoms with Gasteiger partial charge in [0.05, 0.1) is 0 Å². The highest BCUT2D eigenvalue weighted by molar-refractivity contribution is 5.89. The Hall–Kier alpha value is -2.93. The summed E-state index contributed by atoms with van der Waals surface area (Å²) >= 11 is 0. The molecule has 0 radical (unpaired) electrons. The third-order valence-corrected chi connectivity index (χ3v) is 4.36. The molecule has 0 saturated carbocycles. The average molecular weight is 356 g/mol. The van der Waals surface area contributed by atoms with E-state index < -0.39 is 6.04 Å². The van der Waals surface area contributed by atoms with Gasteiger partial charge in [-0.25, -0.2) is 9.18 Å². The SMILES string of the molecule is NC(C(=O)N1CCC(NC(=O)Nc2ccc(F)cc2)C1)c1ccccc1. The van der Waals surface area contributed by atoms with E-state index in [2.05, 4.69) is 10.6 Å². The van der Waals surface area contributed by atoms with Crippen LogP contribution in [0.15, 0.2) is 54.6 Å². The number of halogens is 1. The Morgan fingerprint density at radius 1 is 1.12 bits per heavy atom. The lowest BCUT2D eigenvalue weighted by atomic mass is 10.1. The summed E-state index contributed by atoms with van der Waals surface area (Å²) in [6.07, 6.45) is 0.657. The zero-order chi connectivity index (χ0) is 18.5. The predicted octanol–water partition coefficient (Wildman–Crippen LogP) is 2.25. The number of urea groups is 1. The van der Waals surface area contributed by atoms with Gasteiger partial charge in [0, 0.05) is 24.8 Å². The number of likely N-dealkylation sites (tertiary alicyclic amines) is 1. The van der Waals surface area contributed by atoms with Crippen molar-refractivity contribution in [3.63, 3.8) is 0 Å². The highest BCUT2D eigenvalue weighted by Gasteiger charge is 2.30. The van der Waals surface area contributed by atoms with Crippen LogP contribution in [0.3, 0.4) is 0 Å². The number of amides is 3. The van der Waals surface area contributed by atoms with Crippen molar-refractivity contribution in [2.75, 3.05) is 18.4 Å². The van der Waals surface area contributed by atoms with Gasteiger partial charge < -0.3 is 21.3 Å². The first-order valence-corrected chi connectivity index (χ1v) is 8.45. The maximum atomic E-state index is 12.9. The highest BCUT2D eigenvalue weighted by Crippen LogP contribution is 2.17. The second kappa shape index (κ2) is 7.97. The van der Waals surface area contributed by atoms with Crippen molar-refractivity contribution in [3.8, 4) is 0 Å². The molecule has 1 saturated heterocycles. The van der Waals surface area contributed by atoms with E-state index in [0.717, 1.165) is 5.56 Å². The average Bonchev–Trinajstić information content (AvgIpc) is 3.11. The van der Waals surface area contributed by atoms with Crippen LogP contribution >= 0.6 is 0 Å². The molecule has 1 fully saturated rings. The lowest BCUT2D eigenvalue weighted by molar-refractivity contribution is -0.131. The number of nitrogens with two attached hydrogens (primary N) is 1. The third kappa shape index (κ3) is 4.37. The normalized spacial score (nSPS) is 17.6. The highest BCUT2D eigenvalue weighted by atomic mass is 19.1. The minimum absolute atomic E-state index is 0.151.